The van der Waals surface area contributed by atoms with Crippen LogP contribution in [0.3, 0.4) is 0 Å². The molecule has 0 aliphatic heterocycles. The van der Waals surface area contributed by atoms with Gasteiger partial charge >= 0.3 is 0 Å². The molecular formula is C15H17N3O. The zero-order valence-corrected chi connectivity index (χ0v) is 11.0. The minimum absolute atomic E-state index is 0.120. The number of hydrazine groups is 1. The van der Waals surface area contributed by atoms with Crippen molar-refractivity contribution in [3.05, 3.63) is 59.2 Å². The lowest BCUT2D eigenvalue weighted by atomic mass is 10.1. The molecule has 19 heavy (non-hydrogen) atoms. The smallest absolute Gasteiger partial charge is 0.255 e. The lowest BCUT2D eigenvalue weighted by molar-refractivity contribution is 0.102. The quantitative estimate of drug-likeness (QED) is 0.583. The first-order valence-electron chi connectivity index (χ1n) is 6.05. The Bertz CT molecular complexity index is 591. The molecule has 1 amide bonds. The lowest BCUT2D eigenvalue weighted by Gasteiger charge is -2.09. The Morgan fingerprint density at radius 3 is 2.21 bits per heavy atom. The molecule has 0 saturated carbocycles. The molecule has 0 radical (unpaired) electrons. The average Bonchev–Trinajstić information content (AvgIpc) is 2.41. The second-order valence-electron chi connectivity index (χ2n) is 4.49. The minimum atomic E-state index is -0.120. The van der Waals surface area contributed by atoms with Gasteiger partial charge in [0, 0.05) is 16.9 Å². The van der Waals surface area contributed by atoms with Gasteiger partial charge in [0.05, 0.1) is 0 Å². The van der Waals surface area contributed by atoms with Crippen LogP contribution in [0, 0.1) is 13.8 Å². The van der Waals surface area contributed by atoms with Crippen molar-refractivity contribution in [3.63, 3.8) is 0 Å². The number of rotatable bonds is 3. The molecule has 0 bridgehead atoms. The van der Waals surface area contributed by atoms with Gasteiger partial charge in [-0.2, -0.15) is 0 Å². The van der Waals surface area contributed by atoms with Crippen LogP contribution >= 0.6 is 0 Å². The first-order valence-corrected chi connectivity index (χ1v) is 6.05. The monoisotopic (exact) mass is 255 g/mol. The number of aryl methyl sites for hydroxylation is 2. The molecule has 4 N–H and O–H groups in total. The molecule has 0 unspecified atom stereocenters. The zero-order valence-electron chi connectivity index (χ0n) is 11.0. The minimum Gasteiger partial charge on any atom is -0.324 e. The van der Waals surface area contributed by atoms with Crippen LogP contribution in [-0.2, 0) is 0 Å². The third kappa shape index (κ3) is 3.11. The molecule has 0 fully saturated rings. The van der Waals surface area contributed by atoms with Crippen LogP contribution in [0.1, 0.15) is 21.5 Å². The highest BCUT2D eigenvalue weighted by Gasteiger charge is 2.09. The van der Waals surface area contributed by atoms with Crippen LogP contribution in [0.2, 0.25) is 0 Å². The van der Waals surface area contributed by atoms with Gasteiger partial charge in [0.25, 0.3) is 5.91 Å². The Balaban J connectivity index is 2.18. The van der Waals surface area contributed by atoms with Crippen molar-refractivity contribution < 1.29 is 4.79 Å². The summed E-state index contributed by atoms with van der Waals surface area (Å²) in [4.78, 5) is 12.2. The molecule has 4 heteroatoms. The maximum Gasteiger partial charge on any atom is 0.255 e. The van der Waals surface area contributed by atoms with Gasteiger partial charge in [0.1, 0.15) is 0 Å². The van der Waals surface area contributed by atoms with E-state index in [0.717, 1.165) is 22.5 Å². The normalized spacial score (nSPS) is 10.1. The molecule has 2 rings (SSSR count). The van der Waals surface area contributed by atoms with Gasteiger partial charge in [0.15, 0.2) is 0 Å². The molecule has 0 aliphatic rings. The lowest BCUT2D eigenvalue weighted by Crippen LogP contribution is -2.14. The summed E-state index contributed by atoms with van der Waals surface area (Å²) < 4.78 is 0. The number of benzene rings is 2. The summed E-state index contributed by atoms with van der Waals surface area (Å²) in [7, 11) is 0. The number of hydrogen-bond acceptors (Lipinski definition) is 3. The van der Waals surface area contributed by atoms with Crippen LogP contribution in [0.15, 0.2) is 42.5 Å². The van der Waals surface area contributed by atoms with Crippen molar-refractivity contribution in [3.8, 4) is 0 Å². The van der Waals surface area contributed by atoms with E-state index in [4.69, 9.17) is 5.84 Å². The number of nitrogens with two attached hydrogens (primary N) is 1. The molecule has 4 nitrogen and oxygen atoms in total. The molecule has 2 aromatic carbocycles. The molecule has 0 aromatic heterocycles. The SMILES string of the molecule is Cc1ccc(NC(=O)c2ccc(NN)cc2C)cc1. The fourth-order valence-corrected chi connectivity index (χ4v) is 1.84. The predicted octanol–water partition coefficient (Wildman–Crippen LogP) is 2.84. The molecule has 2 aromatic rings. The Morgan fingerprint density at radius 2 is 1.63 bits per heavy atom. The third-order valence-corrected chi connectivity index (χ3v) is 2.95. The van der Waals surface area contributed by atoms with Crippen LogP contribution in [0.4, 0.5) is 11.4 Å². The number of nitrogens with one attached hydrogen (secondary N) is 2. The van der Waals surface area contributed by atoms with Crippen LogP contribution in [-0.4, -0.2) is 5.91 Å². The van der Waals surface area contributed by atoms with E-state index in [1.807, 2.05) is 44.2 Å². The van der Waals surface area contributed by atoms with Gasteiger partial charge in [0.2, 0.25) is 0 Å². The van der Waals surface area contributed by atoms with Crippen LogP contribution in [0.25, 0.3) is 0 Å². The third-order valence-electron chi connectivity index (χ3n) is 2.95. The van der Waals surface area contributed by atoms with Crippen molar-refractivity contribution in [1.82, 2.24) is 0 Å². The number of anilines is 2. The second-order valence-corrected chi connectivity index (χ2v) is 4.49. The maximum absolute atomic E-state index is 12.2. The maximum atomic E-state index is 12.2. The van der Waals surface area contributed by atoms with Gasteiger partial charge in [-0.15, -0.1) is 0 Å². The Labute approximate surface area is 112 Å². The number of carbonyl (C=O) groups is 1. The fourth-order valence-electron chi connectivity index (χ4n) is 1.84. The van der Waals surface area contributed by atoms with Crippen molar-refractivity contribution in [1.29, 1.82) is 0 Å². The van der Waals surface area contributed by atoms with Crippen LogP contribution < -0.4 is 16.6 Å². The van der Waals surface area contributed by atoms with E-state index in [1.165, 1.54) is 0 Å². The summed E-state index contributed by atoms with van der Waals surface area (Å²) in [6, 6.07) is 13.1. The Kier molecular flexibility index (Phi) is 3.82. The molecule has 98 valence electrons. The summed E-state index contributed by atoms with van der Waals surface area (Å²) in [6.07, 6.45) is 0. The van der Waals surface area contributed by atoms with Gasteiger partial charge < -0.3 is 10.7 Å². The summed E-state index contributed by atoms with van der Waals surface area (Å²) in [5.41, 5.74) is 6.80. The summed E-state index contributed by atoms with van der Waals surface area (Å²) >= 11 is 0. The predicted molar refractivity (Wildman–Crippen MR) is 78.1 cm³/mol. The zero-order chi connectivity index (χ0) is 13.8. The molecule has 0 saturated heterocycles. The summed E-state index contributed by atoms with van der Waals surface area (Å²) in [5, 5.41) is 2.87. The van der Waals surface area contributed by atoms with Crippen molar-refractivity contribution in [2.45, 2.75) is 13.8 Å². The molecule has 0 aliphatic carbocycles. The molecule has 0 spiro atoms. The standard InChI is InChI=1S/C15H17N3O/c1-10-3-5-12(6-4-10)17-15(19)14-8-7-13(18-16)9-11(14)2/h3-9,18H,16H2,1-2H3,(H,17,19). The van der Waals surface area contributed by atoms with E-state index in [2.05, 4.69) is 10.7 Å². The highest BCUT2D eigenvalue weighted by molar-refractivity contribution is 6.05. The Hall–Kier alpha value is -2.33. The summed E-state index contributed by atoms with van der Waals surface area (Å²) in [6.45, 7) is 3.89. The second kappa shape index (κ2) is 5.54. The van der Waals surface area contributed by atoms with Gasteiger partial charge in [-0.3, -0.25) is 10.6 Å². The fraction of sp³-hybridized carbons (Fsp3) is 0.133. The summed E-state index contributed by atoms with van der Waals surface area (Å²) in [5.74, 6) is 5.21. The Morgan fingerprint density at radius 1 is 1.00 bits per heavy atom. The highest BCUT2D eigenvalue weighted by Crippen LogP contribution is 2.16. The van der Waals surface area contributed by atoms with Crippen molar-refractivity contribution >= 4 is 17.3 Å². The molecular weight excluding hydrogens is 238 g/mol. The number of carbonyl (C=O) groups excluding carboxylic acids is 1. The number of hydrogen-bond donors (Lipinski definition) is 3. The number of amides is 1. The largest absolute Gasteiger partial charge is 0.324 e. The first kappa shape index (κ1) is 13.1. The van der Waals surface area contributed by atoms with Crippen LogP contribution in [0.5, 0.6) is 0 Å². The topological polar surface area (TPSA) is 67.2 Å². The van der Waals surface area contributed by atoms with Crippen molar-refractivity contribution in [2.24, 2.45) is 5.84 Å². The average molecular weight is 255 g/mol. The van der Waals surface area contributed by atoms with Crippen molar-refractivity contribution in [2.75, 3.05) is 10.7 Å². The van der Waals surface area contributed by atoms with E-state index in [0.29, 0.717) is 5.56 Å². The van der Waals surface area contributed by atoms with E-state index >= 15 is 0 Å². The van der Waals surface area contributed by atoms with Gasteiger partial charge in [-0.1, -0.05) is 17.7 Å². The first-order chi connectivity index (χ1) is 9.10. The van der Waals surface area contributed by atoms with E-state index < -0.39 is 0 Å². The van der Waals surface area contributed by atoms with Gasteiger partial charge in [-0.05, 0) is 49.7 Å². The molecule has 0 atom stereocenters. The van der Waals surface area contributed by atoms with E-state index in [-0.39, 0.29) is 5.91 Å². The van der Waals surface area contributed by atoms with Gasteiger partial charge in [-0.25, -0.2) is 0 Å². The molecule has 0 heterocycles. The van der Waals surface area contributed by atoms with E-state index in [9.17, 15) is 4.79 Å². The highest BCUT2D eigenvalue weighted by atomic mass is 16.1. The number of nitrogen functional groups attached to an aromatic ring is 1. The van der Waals surface area contributed by atoms with E-state index in [1.54, 1.807) is 12.1 Å².